The molecule has 0 aliphatic heterocycles. The van der Waals surface area contributed by atoms with E-state index in [1.165, 1.54) is 5.56 Å². The predicted octanol–water partition coefficient (Wildman–Crippen LogP) is 2.65. The van der Waals surface area contributed by atoms with Crippen LogP contribution in [-0.2, 0) is 16.1 Å². The summed E-state index contributed by atoms with van der Waals surface area (Å²) in [4.78, 5) is 25.0. The number of hydrogen-bond donors (Lipinski definition) is 4. The molecular weight excluding hydrogens is 364 g/mol. The third kappa shape index (κ3) is 8.46. The molecule has 0 saturated heterocycles. The van der Waals surface area contributed by atoms with E-state index in [0.717, 1.165) is 29.7 Å². The van der Waals surface area contributed by atoms with Crippen molar-refractivity contribution in [3.63, 3.8) is 0 Å². The van der Waals surface area contributed by atoms with Crippen molar-refractivity contribution in [3.8, 4) is 0 Å². The first kappa shape index (κ1) is 22.6. The lowest BCUT2D eigenvalue weighted by Crippen LogP contribution is -2.46. The maximum Gasteiger partial charge on any atom is 0.246 e. The van der Waals surface area contributed by atoms with E-state index >= 15 is 0 Å². The molecule has 0 bridgehead atoms. The highest BCUT2D eigenvalue weighted by molar-refractivity contribution is 5.97. The van der Waals surface area contributed by atoms with Crippen molar-refractivity contribution in [1.29, 1.82) is 0 Å². The molecule has 29 heavy (non-hydrogen) atoms. The molecule has 0 aromatic heterocycles. The van der Waals surface area contributed by atoms with Crippen LogP contribution in [0.3, 0.4) is 0 Å². The SMILES string of the molecule is Cc1ccc(CNCC(=O)N[C@@H](CCCCN)C(=O)Nc2ccc(C)cc2)cc1. The fraction of sp³-hybridized carbons (Fsp3) is 0.391. The molecular formula is C23H32N4O2. The van der Waals surface area contributed by atoms with Gasteiger partial charge in [0.2, 0.25) is 11.8 Å². The molecule has 2 aromatic carbocycles. The van der Waals surface area contributed by atoms with Gasteiger partial charge in [-0.05, 0) is 57.4 Å². The zero-order valence-corrected chi connectivity index (χ0v) is 17.3. The molecule has 0 fully saturated rings. The zero-order chi connectivity index (χ0) is 21.1. The molecule has 2 aromatic rings. The van der Waals surface area contributed by atoms with Gasteiger partial charge in [0, 0.05) is 12.2 Å². The molecule has 0 heterocycles. The summed E-state index contributed by atoms with van der Waals surface area (Å²) < 4.78 is 0. The Morgan fingerprint density at radius 2 is 1.55 bits per heavy atom. The van der Waals surface area contributed by atoms with Crippen LogP contribution in [0, 0.1) is 13.8 Å². The number of unbranched alkanes of at least 4 members (excludes halogenated alkanes) is 1. The van der Waals surface area contributed by atoms with Gasteiger partial charge in [-0.1, -0.05) is 47.5 Å². The lowest BCUT2D eigenvalue weighted by molar-refractivity contribution is -0.126. The number of carbonyl (C=O) groups excluding carboxylic acids is 2. The van der Waals surface area contributed by atoms with Crippen LogP contribution in [0.5, 0.6) is 0 Å². The summed E-state index contributed by atoms with van der Waals surface area (Å²) in [5.41, 5.74) is 9.71. The van der Waals surface area contributed by atoms with E-state index in [0.29, 0.717) is 19.5 Å². The lowest BCUT2D eigenvalue weighted by atomic mass is 10.1. The Morgan fingerprint density at radius 1 is 0.931 bits per heavy atom. The molecule has 5 N–H and O–H groups in total. The van der Waals surface area contributed by atoms with Crippen LogP contribution >= 0.6 is 0 Å². The van der Waals surface area contributed by atoms with E-state index in [-0.39, 0.29) is 18.4 Å². The molecule has 6 heteroatoms. The Kier molecular flexibility index (Phi) is 9.34. The number of rotatable bonds is 11. The maximum absolute atomic E-state index is 12.7. The Labute approximate surface area is 173 Å². The standard InChI is InChI=1S/C23H32N4O2/c1-17-6-10-19(11-7-17)15-25-16-22(28)27-21(5-3-4-14-24)23(29)26-20-12-8-18(2)9-13-20/h6-13,21,25H,3-5,14-16,24H2,1-2H3,(H,26,29)(H,27,28)/t21-/m0/s1. The fourth-order valence-corrected chi connectivity index (χ4v) is 2.90. The van der Waals surface area contributed by atoms with E-state index in [4.69, 9.17) is 5.73 Å². The number of carbonyl (C=O) groups is 2. The molecule has 2 amide bonds. The van der Waals surface area contributed by atoms with Crippen LogP contribution in [0.1, 0.15) is 36.0 Å². The minimum absolute atomic E-state index is 0.152. The molecule has 0 aliphatic rings. The average Bonchev–Trinajstić information content (AvgIpc) is 2.70. The van der Waals surface area contributed by atoms with Crippen molar-refractivity contribution in [3.05, 3.63) is 65.2 Å². The summed E-state index contributed by atoms with van der Waals surface area (Å²) in [5.74, 6) is -0.410. The summed E-state index contributed by atoms with van der Waals surface area (Å²) in [5, 5.41) is 8.86. The summed E-state index contributed by atoms with van der Waals surface area (Å²) >= 11 is 0. The van der Waals surface area contributed by atoms with Crippen LogP contribution in [0.4, 0.5) is 5.69 Å². The highest BCUT2D eigenvalue weighted by Crippen LogP contribution is 2.10. The van der Waals surface area contributed by atoms with Gasteiger partial charge in [-0.15, -0.1) is 0 Å². The monoisotopic (exact) mass is 396 g/mol. The predicted molar refractivity (Wildman–Crippen MR) is 118 cm³/mol. The highest BCUT2D eigenvalue weighted by atomic mass is 16.2. The molecule has 156 valence electrons. The van der Waals surface area contributed by atoms with Gasteiger partial charge in [0.15, 0.2) is 0 Å². The van der Waals surface area contributed by atoms with Crippen molar-refractivity contribution in [2.24, 2.45) is 5.73 Å². The number of hydrogen-bond acceptors (Lipinski definition) is 4. The fourth-order valence-electron chi connectivity index (χ4n) is 2.90. The van der Waals surface area contributed by atoms with Crippen molar-refractivity contribution in [1.82, 2.24) is 10.6 Å². The minimum Gasteiger partial charge on any atom is -0.343 e. The quantitative estimate of drug-likeness (QED) is 0.439. The Balaban J connectivity index is 1.86. The minimum atomic E-state index is -0.587. The van der Waals surface area contributed by atoms with Crippen LogP contribution in [0.25, 0.3) is 0 Å². The van der Waals surface area contributed by atoms with E-state index in [1.807, 2.05) is 62.4 Å². The number of benzene rings is 2. The number of anilines is 1. The topological polar surface area (TPSA) is 96.2 Å². The van der Waals surface area contributed by atoms with E-state index in [1.54, 1.807) is 0 Å². The van der Waals surface area contributed by atoms with Gasteiger partial charge in [0.05, 0.1) is 6.54 Å². The normalized spacial score (nSPS) is 11.7. The van der Waals surface area contributed by atoms with Crippen LogP contribution < -0.4 is 21.7 Å². The van der Waals surface area contributed by atoms with Crippen molar-refractivity contribution < 1.29 is 9.59 Å². The molecule has 1 atom stereocenters. The second-order valence-corrected chi connectivity index (χ2v) is 7.35. The molecule has 0 radical (unpaired) electrons. The Hall–Kier alpha value is -2.70. The lowest BCUT2D eigenvalue weighted by Gasteiger charge is -2.19. The first-order valence-electron chi connectivity index (χ1n) is 10.1. The Bertz CT molecular complexity index is 772. The van der Waals surface area contributed by atoms with E-state index < -0.39 is 6.04 Å². The second kappa shape index (κ2) is 12.0. The first-order chi connectivity index (χ1) is 14.0. The summed E-state index contributed by atoms with van der Waals surface area (Å²) in [7, 11) is 0. The number of amides is 2. The van der Waals surface area contributed by atoms with Gasteiger partial charge in [-0.2, -0.15) is 0 Å². The molecule has 2 rings (SSSR count). The van der Waals surface area contributed by atoms with Gasteiger partial charge in [0.1, 0.15) is 6.04 Å². The van der Waals surface area contributed by atoms with Gasteiger partial charge in [-0.3, -0.25) is 9.59 Å². The van der Waals surface area contributed by atoms with Crippen molar-refractivity contribution in [2.75, 3.05) is 18.4 Å². The van der Waals surface area contributed by atoms with Gasteiger partial charge < -0.3 is 21.7 Å². The van der Waals surface area contributed by atoms with Gasteiger partial charge >= 0.3 is 0 Å². The summed E-state index contributed by atoms with van der Waals surface area (Å²) in [6, 6.07) is 15.1. The third-order valence-electron chi connectivity index (χ3n) is 4.65. The third-order valence-corrected chi connectivity index (χ3v) is 4.65. The second-order valence-electron chi connectivity index (χ2n) is 7.35. The number of nitrogens with one attached hydrogen (secondary N) is 3. The number of nitrogens with two attached hydrogens (primary N) is 1. The molecule has 0 unspecified atom stereocenters. The first-order valence-corrected chi connectivity index (χ1v) is 10.1. The smallest absolute Gasteiger partial charge is 0.246 e. The molecule has 0 saturated carbocycles. The highest BCUT2D eigenvalue weighted by Gasteiger charge is 2.20. The van der Waals surface area contributed by atoms with E-state index in [2.05, 4.69) is 16.0 Å². The molecule has 0 spiro atoms. The van der Waals surface area contributed by atoms with E-state index in [9.17, 15) is 9.59 Å². The molecule has 0 aliphatic carbocycles. The van der Waals surface area contributed by atoms with Crippen molar-refractivity contribution in [2.45, 2.75) is 45.7 Å². The van der Waals surface area contributed by atoms with Crippen LogP contribution in [0.15, 0.2) is 48.5 Å². The molecule has 6 nitrogen and oxygen atoms in total. The average molecular weight is 397 g/mol. The largest absolute Gasteiger partial charge is 0.343 e. The summed E-state index contributed by atoms with van der Waals surface area (Å²) in [6.45, 7) is 5.35. The maximum atomic E-state index is 12.7. The zero-order valence-electron chi connectivity index (χ0n) is 17.3. The van der Waals surface area contributed by atoms with Crippen molar-refractivity contribution >= 4 is 17.5 Å². The van der Waals surface area contributed by atoms with Crippen LogP contribution in [-0.4, -0.2) is 30.9 Å². The number of aryl methyl sites for hydroxylation is 2. The Morgan fingerprint density at radius 3 is 2.17 bits per heavy atom. The van der Waals surface area contributed by atoms with Crippen LogP contribution in [0.2, 0.25) is 0 Å². The summed E-state index contributed by atoms with van der Waals surface area (Å²) in [6.07, 6.45) is 2.15. The van der Waals surface area contributed by atoms with Gasteiger partial charge in [0.25, 0.3) is 0 Å². The van der Waals surface area contributed by atoms with Gasteiger partial charge in [-0.25, -0.2) is 0 Å².